The molecule has 1 aromatic carbocycles. The molecule has 26 heavy (non-hydrogen) atoms. The lowest BCUT2D eigenvalue weighted by Gasteiger charge is -2.25. The van der Waals surface area contributed by atoms with Gasteiger partial charge in [-0.1, -0.05) is 0 Å². The second-order valence-electron chi connectivity index (χ2n) is 5.83. The van der Waals surface area contributed by atoms with E-state index < -0.39 is 23.4 Å². The van der Waals surface area contributed by atoms with Gasteiger partial charge in [0.25, 0.3) is 0 Å². The van der Waals surface area contributed by atoms with E-state index in [1.54, 1.807) is 0 Å². The summed E-state index contributed by atoms with van der Waals surface area (Å²) in [5.74, 6) is -1.54. The highest BCUT2D eigenvalue weighted by molar-refractivity contribution is 5.58. The molecule has 3 rings (SSSR count). The minimum atomic E-state index is -4.59. The number of nitrogens with two attached hydrogens (primary N) is 1. The number of hydrogen-bond acceptors (Lipinski definition) is 6. The number of nitrogens with one attached hydrogen (secondary N) is 2. The molecule has 10 heteroatoms. The van der Waals surface area contributed by atoms with Crippen molar-refractivity contribution < 1.29 is 22.3 Å². The summed E-state index contributed by atoms with van der Waals surface area (Å²) < 4.78 is 58.9. The lowest BCUT2D eigenvalue weighted by Crippen LogP contribution is -2.34. The Morgan fingerprint density at radius 2 is 1.96 bits per heavy atom. The maximum atomic E-state index is 13.4. The standard InChI is InChI=1S/C16H17F4N5O/c17-12-8-23-15(25-14(12)21)24-9-1-2-13(11(7-9)16(18,19)20)26-10-3-5-22-6-4-10/h1-2,7-8,10,22H,3-6H2,(H3,21,23,24,25). The van der Waals surface area contributed by atoms with Crippen molar-refractivity contribution in [3.8, 4) is 5.75 Å². The maximum Gasteiger partial charge on any atom is 0.420 e. The largest absolute Gasteiger partial charge is 0.490 e. The molecule has 2 aromatic rings. The zero-order chi connectivity index (χ0) is 18.7. The maximum absolute atomic E-state index is 13.4. The smallest absolute Gasteiger partial charge is 0.420 e. The molecule has 0 saturated carbocycles. The van der Waals surface area contributed by atoms with E-state index in [1.165, 1.54) is 12.1 Å². The van der Waals surface area contributed by atoms with Crippen molar-refractivity contribution in [2.75, 3.05) is 24.1 Å². The fourth-order valence-electron chi connectivity index (χ4n) is 2.59. The summed E-state index contributed by atoms with van der Waals surface area (Å²) in [7, 11) is 0. The highest BCUT2D eigenvalue weighted by atomic mass is 19.4. The molecule has 0 unspecified atom stereocenters. The van der Waals surface area contributed by atoms with Crippen LogP contribution in [0.2, 0.25) is 0 Å². The van der Waals surface area contributed by atoms with E-state index >= 15 is 0 Å². The topological polar surface area (TPSA) is 85.1 Å². The number of anilines is 3. The molecule has 4 N–H and O–H groups in total. The lowest BCUT2D eigenvalue weighted by molar-refractivity contribution is -0.139. The number of alkyl halides is 3. The molecule has 0 spiro atoms. The van der Waals surface area contributed by atoms with Crippen LogP contribution in [-0.4, -0.2) is 29.2 Å². The predicted octanol–water partition coefficient (Wildman–Crippen LogP) is 3.09. The van der Waals surface area contributed by atoms with Crippen LogP contribution in [0.3, 0.4) is 0 Å². The van der Waals surface area contributed by atoms with Gasteiger partial charge in [0, 0.05) is 5.69 Å². The van der Waals surface area contributed by atoms with Gasteiger partial charge in [0.15, 0.2) is 11.6 Å². The molecule has 0 aliphatic carbocycles. The Labute approximate surface area is 146 Å². The normalized spacial score (nSPS) is 15.7. The summed E-state index contributed by atoms with van der Waals surface area (Å²) in [6.07, 6.45) is -2.75. The van der Waals surface area contributed by atoms with Crippen molar-refractivity contribution in [1.29, 1.82) is 0 Å². The Kier molecular flexibility index (Phi) is 5.12. The van der Waals surface area contributed by atoms with Crippen LogP contribution in [0.1, 0.15) is 18.4 Å². The number of aromatic nitrogens is 2. The molecular formula is C16H17F4N5O. The third-order valence-corrected chi connectivity index (χ3v) is 3.89. The van der Waals surface area contributed by atoms with E-state index in [-0.39, 0.29) is 23.5 Å². The minimum Gasteiger partial charge on any atom is -0.490 e. The van der Waals surface area contributed by atoms with Gasteiger partial charge in [0.2, 0.25) is 5.95 Å². The second-order valence-corrected chi connectivity index (χ2v) is 5.83. The first kappa shape index (κ1) is 18.2. The Hall–Kier alpha value is -2.62. The first-order valence-corrected chi connectivity index (χ1v) is 7.96. The number of nitrogens with zero attached hydrogens (tertiary/aromatic N) is 2. The molecule has 6 nitrogen and oxygen atoms in total. The first-order chi connectivity index (χ1) is 12.3. The fourth-order valence-corrected chi connectivity index (χ4v) is 2.59. The van der Waals surface area contributed by atoms with Crippen molar-refractivity contribution in [3.63, 3.8) is 0 Å². The van der Waals surface area contributed by atoms with Crippen molar-refractivity contribution in [2.24, 2.45) is 0 Å². The molecule has 1 saturated heterocycles. The van der Waals surface area contributed by atoms with E-state index in [4.69, 9.17) is 10.5 Å². The van der Waals surface area contributed by atoms with Gasteiger partial charge < -0.3 is 21.1 Å². The molecule has 0 atom stereocenters. The molecule has 1 aliphatic heterocycles. The number of benzene rings is 1. The van der Waals surface area contributed by atoms with Crippen LogP contribution in [0.5, 0.6) is 5.75 Å². The molecule has 140 valence electrons. The highest BCUT2D eigenvalue weighted by Gasteiger charge is 2.35. The van der Waals surface area contributed by atoms with Crippen molar-refractivity contribution in [3.05, 3.63) is 35.8 Å². The van der Waals surface area contributed by atoms with Gasteiger partial charge in [0.05, 0.1) is 11.8 Å². The summed E-state index contributed by atoms with van der Waals surface area (Å²) in [4.78, 5) is 7.28. The van der Waals surface area contributed by atoms with Crippen LogP contribution in [0.15, 0.2) is 24.4 Å². The van der Waals surface area contributed by atoms with Crippen molar-refractivity contribution >= 4 is 17.5 Å². The third-order valence-electron chi connectivity index (χ3n) is 3.89. The predicted molar refractivity (Wildman–Crippen MR) is 87.6 cm³/mol. The van der Waals surface area contributed by atoms with Gasteiger partial charge in [-0.15, -0.1) is 0 Å². The molecule has 1 fully saturated rings. The average molecular weight is 371 g/mol. The quantitative estimate of drug-likeness (QED) is 0.717. The number of nitrogen functional groups attached to an aromatic ring is 1. The van der Waals surface area contributed by atoms with Gasteiger partial charge in [-0.25, -0.2) is 9.37 Å². The molecule has 1 aliphatic rings. The number of hydrogen-bond donors (Lipinski definition) is 3. The zero-order valence-corrected chi connectivity index (χ0v) is 13.6. The van der Waals surface area contributed by atoms with E-state index in [1.807, 2.05) is 0 Å². The number of halogens is 4. The van der Waals surface area contributed by atoms with Crippen LogP contribution < -0.4 is 21.1 Å². The van der Waals surface area contributed by atoms with Crippen LogP contribution in [0, 0.1) is 5.82 Å². The Balaban J connectivity index is 1.84. The first-order valence-electron chi connectivity index (χ1n) is 7.96. The second kappa shape index (κ2) is 7.32. The highest BCUT2D eigenvalue weighted by Crippen LogP contribution is 2.39. The van der Waals surface area contributed by atoms with E-state index in [2.05, 4.69) is 20.6 Å². The number of ether oxygens (including phenoxy) is 1. The molecule has 0 radical (unpaired) electrons. The Morgan fingerprint density at radius 3 is 2.62 bits per heavy atom. The van der Waals surface area contributed by atoms with E-state index in [9.17, 15) is 17.6 Å². The van der Waals surface area contributed by atoms with E-state index in [0.717, 1.165) is 12.3 Å². The van der Waals surface area contributed by atoms with Gasteiger partial charge >= 0.3 is 6.18 Å². The van der Waals surface area contributed by atoms with Gasteiger partial charge in [-0.05, 0) is 44.1 Å². The molecule has 2 heterocycles. The van der Waals surface area contributed by atoms with Crippen LogP contribution in [-0.2, 0) is 6.18 Å². The molecular weight excluding hydrogens is 354 g/mol. The van der Waals surface area contributed by atoms with E-state index in [0.29, 0.717) is 25.9 Å². The summed E-state index contributed by atoms with van der Waals surface area (Å²) in [5.41, 5.74) is 4.51. The van der Waals surface area contributed by atoms with Crippen molar-refractivity contribution in [1.82, 2.24) is 15.3 Å². The van der Waals surface area contributed by atoms with Gasteiger partial charge in [0.1, 0.15) is 11.9 Å². The summed E-state index contributed by atoms with van der Waals surface area (Å²) in [6.45, 7) is 1.41. The Morgan fingerprint density at radius 1 is 1.23 bits per heavy atom. The third kappa shape index (κ3) is 4.31. The summed E-state index contributed by atoms with van der Waals surface area (Å²) in [6, 6.07) is 3.56. The average Bonchev–Trinajstić information content (AvgIpc) is 2.59. The monoisotopic (exact) mass is 371 g/mol. The summed E-state index contributed by atoms with van der Waals surface area (Å²) in [5, 5.41) is 5.71. The SMILES string of the molecule is Nc1nc(Nc2ccc(OC3CCNCC3)c(C(F)(F)F)c2)ncc1F. The van der Waals surface area contributed by atoms with Gasteiger partial charge in [-0.3, -0.25) is 0 Å². The fraction of sp³-hybridized carbons (Fsp3) is 0.375. The molecule has 0 amide bonds. The number of rotatable bonds is 4. The van der Waals surface area contributed by atoms with Gasteiger partial charge in [-0.2, -0.15) is 18.2 Å². The number of piperidine rings is 1. The van der Waals surface area contributed by atoms with Crippen LogP contribution in [0.4, 0.5) is 35.0 Å². The molecule has 1 aromatic heterocycles. The zero-order valence-electron chi connectivity index (χ0n) is 13.6. The van der Waals surface area contributed by atoms with Crippen molar-refractivity contribution in [2.45, 2.75) is 25.1 Å². The molecule has 0 bridgehead atoms. The lowest BCUT2D eigenvalue weighted by atomic mass is 10.1. The van der Waals surface area contributed by atoms with Crippen LogP contribution >= 0.6 is 0 Å². The van der Waals surface area contributed by atoms with Crippen LogP contribution in [0.25, 0.3) is 0 Å². The minimum absolute atomic E-state index is 0.0843. The Bertz CT molecular complexity index is 778. The summed E-state index contributed by atoms with van der Waals surface area (Å²) >= 11 is 0.